The molecule has 2 rings (SSSR count). The lowest BCUT2D eigenvalue weighted by Crippen LogP contribution is -2.38. The van der Waals surface area contributed by atoms with Crippen LogP contribution >= 0.6 is 15.9 Å². The van der Waals surface area contributed by atoms with Crippen molar-refractivity contribution in [2.75, 3.05) is 20.3 Å². The second-order valence-corrected chi connectivity index (χ2v) is 4.31. The third kappa shape index (κ3) is 2.20. The van der Waals surface area contributed by atoms with Gasteiger partial charge in [-0.05, 0) is 12.1 Å². The topological polar surface area (TPSA) is 47.6 Å². The van der Waals surface area contributed by atoms with E-state index in [2.05, 4.69) is 21.2 Å². The number of halogens is 1. The normalized spacial score (nSPS) is 20.4. The second-order valence-electron chi connectivity index (χ2n) is 3.46. The summed E-state index contributed by atoms with van der Waals surface area (Å²) in [5.41, 5.74) is 0.935. The van der Waals surface area contributed by atoms with Crippen molar-refractivity contribution < 1.29 is 14.3 Å². The van der Waals surface area contributed by atoms with E-state index in [1.165, 1.54) is 0 Å². The molecule has 1 N–H and O–H groups in total. The van der Waals surface area contributed by atoms with Gasteiger partial charge in [-0.3, -0.25) is 4.79 Å². The quantitative estimate of drug-likeness (QED) is 0.899. The smallest absolute Gasteiger partial charge is 0.246 e. The Balaban J connectivity index is 2.28. The molecule has 5 heteroatoms. The van der Waals surface area contributed by atoms with Gasteiger partial charge < -0.3 is 14.8 Å². The van der Waals surface area contributed by atoms with E-state index in [1.54, 1.807) is 7.11 Å². The van der Waals surface area contributed by atoms with E-state index >= 15 is 0 Å². The summed E-state index contributed by atoms with van der Waals surface area (Å²) < 4.78 is 11.7. The van der Waals surface area contributed by atoms with Gasteiger partial charge >= 0.3 is 0 Å². The first-order chi connectivity index (χ1) is 7.72. The number of benzene rings is 1. The lowest BCUT2D eigenvalue weighted by Gasteiger charge is -2.25. The molecule has 1 saturated heterocycles. The van der Waals surface area contributed by atoms with Crippen LogP contribution in [0.5, 0.6) is 5.75 Å². The minimum Gasteiger partial charge on any atom is -0.496 e. The van der Waals surface area contributed by atoms with Crippen molar-refractivity contribution in [2.45, 2.75) is 6.10 Å². The highest BCUT2D eigenvalue weighted by Crippen LogP contribution is 2.34. The molecule has 16 heavy (non-hydrogen) atoms. The van der Waals surface area contributed by atoms with E-state index < -0.39 is 0 Å². The summed E-state index contributed by atoms with van der Waals surface area (Å²) in [4.78, 5) is 11.0. The highest BCUT2D eigenvalue weighted by molar-refractivity contribution is 9.10. The predicted octanol–water partition coefficient (Wildman–Crippen LogP) is 1.65. The van der Waals surface area contributed by atoms with Crippen LogP contribution in [-0.4, -0.2) is 26.2 Å². The summed E-state index contributed by atoms with van der Waals surface area (Å²) in [6.45, 7) is 0.562. The SMILES string of the molecule is COc1cccc(Br)c1C1CNC(=O)CO1. The molecule has 0 spiro atoms. The Kier molecular flexibility index (Phi) is 3.46. The van der Waals surface area contributed by atoms with Crippen LogP contribution in [-0.2, 0) is 9.53 Å². The van der Waals surface area contributed by atoms with Gasteiger partial charge in [0, 0.05) is 16.6 Å². The largest absolute Gasteiger partial charge is 0.496 e. The maximum absolute atomic E-state index is 11.0. The predicted molar refractivity (Wildman–Crippen MR) is 62.4 cm³/mol. The van der Waals surface area contributed by atoms with Crippen LogP contribution in [0.15, 0.2) is 22.7 Å². The maximum Gasteiger partial charge on any atom is 0.246 e. The molecule has 1 aromatic rings. The minimum absolute atomic E-state index is 0.0812. The first-order valence-corrected chi connectivity index (χ1v) is 5.72. The minimum atomic E-state index is -0.164. The van der Waals surface area contributed by atoms with E-state index in [9.17, 15) is 4.79 Å². The molecule has 1 amide bonds. The maximum atomic E-state index is 11.0. The number of amides is 1. The van der Waals surface area contributed by atoms with Crippen molar-refractivity contribution in [1.82, 2.24) is 5.32 Å². The van der Waals surface area contributed by atoms with Gasteiger partial charge in [-0.2, -0.15) is 0 Å². The van der Waals surface area contributed by atoms with Gasteiger partial charge in [0.2, 0.25) is 5.91 Å². The fourth-order valence-electron chi connectivity index (χ4n) is 1.69. The van der Waals surface area contributed by atoms with E-state index in [4.69, 9.17) is 9.47 Å². The van der Waals surface area contributed by atoms with Gasteiger partial charge in [0.25, 0.3) is 0 Å². The van der Waals surface area contributed by atoms with E-state index in [0.29, 0.717) is 6.54 Å². The van der Waals surface area contributed by atoms with Crippen LogP contribution in [0, 0.1) is 0 Å². The van der Waals surface area contributed by atoms with Gasteiger partial charge in [-0.15, -0.1) is 0 Å². The fourth-order valence-corrected chi connectivity index (χ4v) is 2.29. The van der Waals surface area contributed by atoms with E-state index in [-0.39, 0.29) is 18.6 Å². The summed E-state index contributed by atoms with van der Waals surface area (Å²) in [5.74, 6) is 0.679. The average Bonchev–Trinajstić information content (AvgIpc) is 2.30. The van der Waals surface area contributed by atoms with E-state index in [0.717, 1.165) is 15.8 Å². The van der Waals surface area contributed by atoms with Gasteiger partial charge in [-0.25, -0.2) is 0 Å². The first-order valence-electron chi connectivity index (χ1n) is 4.93. The monoisotopic (exact) mass is 285 g/mol. The lowest BCUT2D eigenvalue weighted by atomic mass is 10.1. The Bertz CT molecular complexity index is 398. The summed E-state index contributed by atoms with van der Waals surface area (Å²) in [5, 5.41) is 2.77. The molecule has 86 valence electrons. The number of hydrogen-bond donors (Lipinski definition) is 1. The Morgan fingerprint density at radius 2 is 2.38 bits per heavy atom. The van der Waals surface area contributed by atoms with Gasteiger partial charge in [0.15, 0.2) is 0 Å². The number of methoxy groups -OCH3 is 1. The standard InChI is InChI=1S/C11H12BrNO3/c1-15-8-4-2-3-7(12)11(8)9-5-13-10(14)6-16-9/h2-4,9H,5-6H2,1H3,(H,13,14). The third-order valence-corrected chi connectivity index (χ3v) is 3.15. The summed E-state index contributed by atoms with van der Waals surface area (Å²) in [6, 6.07) is 5.70. The Morgan fingerprint density at radius 3 is 3.00 bits per heavy atom. The Labute approximate surface area is 102 Å². The number of nitrogens with one attached hydrogen (secondary N) is 1. The van der Waals surface area contributed by atoms with Gasteiger partial charge in [0.1, 0.15) is 18.5 Å². The number of hydrogen-bond acceptors (Lipinski definition) is 3. The Morgan fingerprint density at radius 1 is 1.56 bits per heavy atom. The number of morpholine rings is 1. The number of carbonyl (C=O) groups is 1. The molecule has 1 aliphatic heterocycles. The average molecular weight is 286 g/mol. The van der Waals surface area contributed by atoms with Crippen LogP contribution in [0.4, 0.5) is 0 Å². The van der Waals surface area contributed by atoms with Gasteiger partial charge in [0.05, 0.1) is 7.11 Å². The molecule has 0 aliphatic carbocycles. The van der Waals surface area contributed by atoms with Crippen LogP contribution in [0.1, 0.15) is 11.7 Å². The third-order valence-electron chi connectivity index (χ3n) is 2.46. The van der Waals surface area contributed by atoms with Crippen molar-refractivity contribution in [3.63, 3.8) is 0 Å². The zero-order valence-electron chi connectivity index (χ0n) is 8.83. The molecule has 0 radical (unpaired) electrons. The Hall–Kier alpha value is -1.07. The number of ether oxygens (including phenoxy) is 2. The van der Waals surface area contributed by atoms with Crippen LogP contribution < -0.4 is 10.1 Å². The molecule has 1 aromatic carbocycles. The molecule has 1 heterocycles. The fraction of sp³-hybridized carbons (Fsp3) is 0.364. The highest BCUT2D eigenvalue weighted by Gasteiger charge is 2.24. The van der Waals surface area contributed by atoms with Crippen LogP contribution in [0.3, 0.4) is 0 Å². The molecule has 0 aromatic heterocycles. The molecule has 0 saturated carbocycles. The molecular weight excluding hydrogens is 274 g/mol. The number of rotatable bonds is 2. The zero-order valence-corrected chi connectivity index (χ0v) is 10.4. The molecule has 4 nitrogen and oxygen atoms in total. The summed E-state index contributed by atoms with van der Waals surface area (Å²) in [7, 11) is 1.62. The van der Waals surface area contributed by atoms with Crippen molar-refractivity contribution in [2.24, 2.45) is 0 Å². The molecule has 1 unspecified atom stereocenters. The summed E-state index contributed by atoms with van der Waals surface area (Å²) >= 11 is 3.47. The van der Waals surface area contributed by atoms with Crippen LogP contribution in [0.25, 0.3) is 0 Å². The zero-order chi connectivity index (χ0) is 11.5. The van der Waals surface area contributed by atoms with Crippen molar-refractivity contribution in [3.05, 3.63) is 28.2 Å². The second kappa shape index (κ2) is 4.84. The van der Waals surface area contributed by atoms with Gasteiger partial charge in [-0.1, -0.05) is 22.0 Å². The molecule has 0 bridgehead atoms. The molecule has 1 fully saturated rings. The van der Waals surface area contributed by atoms with Crippen molar-refractivity contribution in [3.8, 4) is 5.75 Å². The molecule has 1 atom stereocenters. The van der Waals surface area contributed by atoms with Crippen molar-refractivity contribution in [1.29, 1.82) is 0 Å². The summed E-state index contributed by atoms with van der Waals surface area (Å²) in [6.07, 6.45) is -0.164. The lowest BCUT2D eigenvalue weighted by molar-refractivity contribution is -0.133. The molecular formula is C11H12BrNO3. The van der Waals surface area contributed by atoms with Crippen LogP contribution in [0.2, 0.25) is 0 Å². The number of carbonyl (C=O) groups excluding carboxylic acids is 1. The van der Waals surface area contributed by atoms with E-state index in [1.807, 2.05) is 18.2 Å². The van der Waals surface area contributed by atoms with Crippen molar-refractivity contribution >= 4 is 21.8 Å². The molecule has 1 aliphatic rings. The highest BCUT2D eigenvalue weighted by atomic mass is 79.9. The first kappa shape index (κ1) is 11.4.